The largest absolute Gasteiger partial charge is 0.497 e. The zero-order chi connectivity index (χ0) is 25.9. The monoisotopic (exact) mass is 500 g/mol. The van der Waals surface area contributed by atoms with Crippen LogP contribution in [0.1, 0.15) is 41.1 Å². The summed E-state index contributed by atoms with van der Waals surface area (Å²) in [7, 11) is 1.57. The van der Waals surface area contributed by atoms with Crippen LogP contribution in [0.15, 0.2) is 77.5 Å². The van der Waals surface area contributed by atoms with Crippen molar-refractivity contribution in [3.05, 3.63) is 101 Å². The molecule has 5 rings (SSSR count). The van der Waals surface area contributed by atoms with Gasteiger partial charge < -0.3 is 19.3 Å². The Labute approximate surface area is 215 Å². The van der Waals surface area contributed by atoms with Crippen LogP contribution in [-0.2, 0) is 11.2 Å². The summed E-state index contributed by atoms with van der Waals surface area (Å²) in [5.74, 6) is -0.329. The van der Waals surface area contributed by atoms with Gasteiger partial charge in [-0.15, -0.1) is 0 Å². The van der Waals surface area contributed by atoms with Crippen LogP contribution in [0.25, 0.3) is 11.1 Å². The number of hydrogen-bond donors (Lipinski definition) is 1. The van der Waals surface area contributed by atoms with Crippen molar-refractivity contribution in [2.75, 3.05) is 18.6 Å². The maximum atomic E-state index is 14.4. The predicted octanol–water partition coefficient (Wildman–Crippen LogP) is 6.23. The van der Waals surface area contributed by atoms with Crippen molar-refractivity contribution >= 4 is 11.7 Å². The van der Waals surface area contributed by atoms with Gasteiger partial charge in [0.15, 0.2) is 0 Å². The number of aromatic nitrogens is 1. The lowest BCUT2D eigenvalue weighted by Crippen LogP contribution is -2.31. The fourth-order valence-electron chi connectivity index (χ4n) is 5.21. The third kappa shape index (κ3) is 5.35. The molecule has 0 spiro atoms. The number of nitrogens with zero attached hydrogens (tertiary/aromatic N) is 2. The summed E-state index contributed by atoms with van der Waals surface area (Å²) in [6, 6.07) is 20.8. The first-order valence-corrected chi connectivity index (χ1v) is 12.3. The number of carboxylic acids is 1. The quantitative estimate of drug-likeness (QED) is 0.309. The molecule has 0 amide bonds. The fourth-order valence-corrected chi connectivity index (χ4v) is 5.21. The number of carbonyl (C=O) groups is 1. The first kappa shape index (κ1) is 24.6. The van der Waals surface area contributed by atoms with Crippen LogP contribution in [-0.4, -0.2) is 35.9 Å². The highest BCUT2D eigenvalue weighted by molar-refractivity contribution is 5.69. The van der Waals surface area contributed by atoms with E-state index in [0.717, 1.165) is 46.5 Å². The number of anilines is 1. The molecule has 0 aliphatic carbocycles. The van der Waals surface area contributed by atoms with Crippen molar-refractivity contribution in [2.45, 2.75) is 38.1 Å². The van der Waals surface area contributed by atoms with Crippen molar-refractivity contribution < 1.29 is 23.6 Å². The topological polar surface area (TPSA) is 75.8 Å². The zero-order valence-electron chi connectivity index (χ0n) is 20.9. The van der Waals surface area contributed by atoms with Gasteiger partial charge in [0.2, 0.25) is 0 Å². The van der Waals surface area contributed by atoms with Gasteiger partial charge in [-0.3, -0.25) is 4.79 Å². The van der Waals surface area contributed by atoms with E-state index in [0.29, 0.717) is 17.9 Å². The predicted molar refractivity (Wildman–Crippen MR) is 140 cm³/mol. The fraction of sp³-hybridized carbons (Fsp3) is 0.267. The van der Waals surface area contributed by atoms with Crippen molar-refractivity contribution in [1.29, 1.82) is 0 Å². The smallest absolute Gasteiger partial charge is 0.305 e. The summed E-state index contributed by atoms with van der Waals surface area (Å²) in [4.78, 5) is 13.7. The van der Waals surface area contributed by atoms with Gasteiger partial charge >= 0.3 is 5.97 Å². The van der Waals surface area contributed by atoms with Crippen LogP contribution in [0.3, 0.4) is 0 Å². The Hall–Kier alpha value is -4.13. The number of carboxylic acid groups (broad SMARTS) is 1. The molecule has 4 aromatic rings. The molecule has 0 bridgehead atoms. The molecule has 1 saturated heterocycles. The molecule has 2 unspecified atom stereocenters. The van der Waals surface area contributed by atoms with Gasteiger partial charge in [0.25, 0.3) is 0 Å². The molecule has 7 heteroatoms. The average molecular weight is 501 g/mol. The van der Waals surface area contributed by atoms with Gasteiger partial charge in [-0.25, -0.2) is 4.39 Å². The van der Waals surface area contributed by atoms with E-state index in [1.54, 1.807) is 25.5 Å². The molecule has 6 nitrogen and oxygen atoms in total. The molecule has 1 fully saturated rings. The standard InChI is InChI=1S/C30H29FN2O4/c1-19-13-22(27-17-26(36-2)9-10-28(27)31)6-5-21(19)14-20-3-7-24(8-4-20)33-18-23(29-11-12-37-32-29)15-25(33)16-30(34)35/h3-13,17,23,25H,14-16,18H2,1-2H3,(H,34,35). The minimum atomic E-state index is -0.805. The summed E-state index contributed by atoms with van der Waals surface area (Å²) >= 11 is 0. The van der Waals surface area contributed by atoms with Crippen LogP contribution >= 0.6 is 0 Å². The second-order valence-corrected chi connectivity index (χ2v) is 9.59. The highest BCUT2D eigenvalue weighted by atomic mass is 19.1. The van der Waals surface area contributed by atoms with E-state index in [1.807, 2.05) is 31.2 Å². The van der Waals surface area contributed by atoms with Crippen molar-refractivity contribution in [3.63, 3.8) is 0 Å². The number of halogens is 1. The Kier molecular flexibility index (Phi) is 6.95. The third-order valence-corrected chi connectivity index (χ3v) is 7.19. The number of aliphatic carboxylic acids is 1. The van der Waals surface area contributed by atoms with E-state index in [9.17, 15) is 14.3 Å². The van der Waals surface area contributed by atoms with E-state index in [4.69, 9.17) is 9.26 Å². The van der Waals surface area contributed by atoms with E-state index in [2.05, 4.69) is 34.3 Å². The molecule has 2 atom stereocenters. The first-order chi connectivity index (χ1) is 17.9. The highest BCUT2D eigenvalue weighted by Crippen LogP contribution is 2.36. The second-order valence-electron chi connectivity index (χ2n) is 9.59. The Morgan fingerprint density at radius 2 is 1.95 bits per heavy atom. The zero-order valence-corrected chi connectivity index (χ0v) is 20.9. The molecule has 0 radical (unpaired) electrons. The average Bonchev–Trinajstić information content (AvgIpc) is 3.56. The Morgan fingerprint density at radius 3 is 2.62 bits per heavy atom. The third-order valence-electron chi connectivity index (χ3n) is 7.19. The maximum Gasteiger partial charge on any atom is 0.305 e. The molecular formula is C30H29FN2O4. The number of rotatable bonds is 8. The molecule has 1 aliphatic rings. The first-order valence-electron chi connectivity index (χ1n) is 12.3. The number of benzene rings is 3. The van der Waals surface area contributed by atoms with Gasteiger partial charge in [-0.2, -0.15) is 0 Å². The molecule has 2 heterocycles. The summed E-state index contributed by atoms with van der Waals surface area (Å²) in [5, 5.41) is 13.5. The molecule has 1 aliphatic heterocycles. The highest BCUT2D eigenvalue weighted by Gasteiger charge is 2.35. The molecule has 3 aromatic carbocycles. The van der Waals surface area contributed by atoms with E-state index in [-0.39, 0.29) is 24.2 Å². The normalized spacial score (nSPS) is 17.2. The van der Waals surface area contributed by atoms with Crippen molar-refractivity contribution in [2.24, 2.45) is 0 Å². The van der Waals surface area contributed by atoms with Gasteiger partial charge in [0, 0.05) is 35.8 Å². The Bertz CT molecular complexity index is 1390. The Morgan fingerprint density at radius 1 is 1.14 bits per heavy atom. The van der Waals surface area contributed by atoms with Crippen LogP contribution in [0.2, 0.25) is 0 Å². The summed E-state index contributed by atoms with van der Waals surface area (Å²) in [6.07, 6.45) is 3.10. The van der Waals surface area contributed by atoms with Crippen molar-refractivity contribution in [3.8, 4) is 16.9 Å². The molecular weight excluding hydrogens is 471 g/mol. The molecule has 37 heavy (non-hydrogen) atoms. The van der Waals surface area contributed by atoms with Crippen LogP contribution in [0.5, 0.6) is 5.75 Å². The SMILES string of the molecule is COc1ccc(F)c(-c2ccc(Cc3ccc(N4CC(c5ccon5)CC4CC(=O)O)cc3)c(C)c2)c1. The number of aryl methyl sites for hydroxylation is 1. The lowest BCUT2D eigenvalue weighted by Gasteiger charge is -2.26. The van der Waals surface area contributed by atoms with Crippen LogP contribution < -0.4 is 9.64 Å². The number of ether oxygens (including phenoxy) is 1. The molecule has 0 saturated carbocycles. The molecule has 1 aromatic heterocycles. The Balaban J connectivity index is 1.32. The van der Waals surface area contributed by atoms with Gasteiger partial charge in [0.05, 0.1) is 19.2 Å². The van der Waals surface area contributed by atoms with Gasteiger partial charge in [-0.05, 0) is 72.4 Å². The lowest BCUT2D eigenvalue weighted by molar-refractivity contribution is -0.137. The van der Waals surface area contributed by atoms with E-state index >= 15 is 0 Å². The maximum absolute atomic E-state index is 14.4. The van der Waals surface area contributed by atoms with Gasteiger partial charge in [-0.1, -0.05) is 35.5 Å². The lowest BCUT2D eigenvalue weighted by atomic mass is 9.95. The second kappa shape index (κ2) is 10.5. The minimum absolute atomic E-state index is 0.0789. The summed E-state index contributed by atoms with van der Waals surface area (Å²) in [6.45, 7) is 2.74. The van der Waals surface area contributed by atoms with Gasteiger partial charge in [0.1, 0.15) is 17.8 Å². The minimum Gasteiger partial charge on any atom is -0.497 e. The number of methoxy groups -OCH3 is 1. The van der Waals surface area contributed by atoms with E-state index in [1.165, 1.54) is 6.07 Å². The molecule has 1 N–H and O–H groups in total. The summed E-state index contributed by atoms with van der Waals surface area (Å²) in [5.41, 5.74) is 6.59. The number of hydrogen-bond acceptors (Lipinski definition) is 5. The van der Waals surface area contributed by atoms with Crippen LogP contribution in [0.4, 0.5) is 10.1 Å². The van der Waals surface area contributed by atoms with Crippen LogP contribution in [0, 0.1) is 12.7 Å². The summed E-state index contributed by atoms with van der Waals surface area (Å²) < 4.78 is 24.7. The van der Waals surface area contributed by atoms with E-state index < -0.39 is 5.97 Å². The van der Waals surface area contributed by atoms with Crippen molar-refractivity contribution in [1.82, 2.24) is 5.16 Å². The molecule has 190 valence electrons.